The minimum absolute atomic E-state index is 0.0245. The monoisotopic (exact) mass is 424 g/mol. The van der Waals surface area contributed by atoms with Gasteiger partial charge in [0.05, 0.1) is 7.11 Å². The summed E-state index contributed by atoms with van der Waals surface area (Å²) >= 11 is 0. The van der Waals surface area contributed by atoms with Crippen LogP contribution in [0.15, 0.2) is 48.5 Å². The Morgan fingerprint density at radius 2 is 1.87 bits per heavy atom. The third-order valence-corrected chi connectivity index (χ3v) is 5.61. The molecule has 164 valence electrons. The first-order valence-electron chi connectivity index (χ1n) is 10.6. The van der Waals surface area contributed by atoms with E-state index in [1.807, 2.05) is 25.1 Å². The first kappa shape index (κ1) is 22.7. The summed E-state index contributed by atoms with van der Waals surface area (Å²) in [7, 11) is 1.61. The van der Waals surface area contributed by atoms with E-state index >= 15 is 0 Å². The number of hydrogen-bond donors (Lipinski definition) is 1. The van der Waals surface area contributed by atoms with E-state index in [4.69, 9.17) is 4.74 Å². The highest BCUT2D eigenvalue weighted by Crippen LogP contribution is 2.22. The van der Waals surface area contributed by atoms with Crippen molar-refractivity contribution in [2.75, 3.05) is 33.3 Å². The summed E-state index contributed by atoms with van der Waals surface area (Å²) in [5.74, 6) is 0.312. The third-order valence-electron chi connectivity index (χ3n) is 5.61. The first-order chi connectivity index (χ1) is 15.0. The highest BCUT2D eigenvalue weighted by atomic mass is 19.1. The SMILES string of the molecule is COc1ccc(C)cc1/C=C/C(=O)NCCN1CCC(C(=O)c2ccc(F)cc2)CC1. The molecule has 3 rings (SSSR count). The van der Waals surface area contributed by atoms with Gasteiger partial charge in [0.1, 0.15) is 11.6 Å². The van der Waals surface area contributed by atoms with Gasteiger partial charge < -0.3 is 15.0 Å². The van der Waals surface area contributed by atoms with Crippen molar-refractivity contribution in [3.8, 4) is 5.75 Å². The second kappa shape index (κ2) is 10.9. The van der Waals surface area contributed by atoms with Gasteiger partial charge in [-0.1, -0.05) is 11.6 Å². The Morgan fingerprint density at radius 3 is 2.55 bits per heavy atom. The average Bonchev–Trinajstić information content (AvgIpc) is 2.78. The molecule has 0 unspecified atom stereocenters. The summed E-state index contributed by atoms with van der Waals surface area (Å²) in [6, 6.07) is 11.6. The molecular weight excluding hydrogens is 395 g/mol. The van der Waals surface area contributed by atoms with Crippen LogP contribution in [0.5, 0.6) is 5.75 Å². The number of likely N-dealkylation sites (tertiary alicyclic amines) is 1. The van der Waals surface area contributed by atoms with E-state index < -0.39 is 0 Å². The van der Waals surface area contributed by atoms with Crippen LogP contribution in [0.1, 0.15) is 34.3 Å². The number of carbonyl (C=O) groups is 2. The fourth-order valence-electron chi connectivity index (χ4n) is 3.81. The molecule has 5 nitrogen and oxygen atoms in total. The number of carbonyl (C=O) groups excluding carboxylic acids is 2. The van der Waals surface area contributed by atoms with Gasteiger partial charge in [-0.3, -0.25) is 9.59 Å². The minimum atomic E-state index is -0.332. The van der Waals surface area contributed by atoms with Gasteiger partial charge in [0, 0.05) is 36.2 Å². The molecule has 1 heterocycles. The van der Waals surface area contributed by atoms with Gasteiger partial charge in [0.25, 0.3) is 0 Å². The van der Waals surface area contributed by atoms with E-state index in [1.165, 1.54) is 18.2 Å². The summed E-state index contributed by atoms with van der Waals surface area (Å²) < 4.78 is 18.4. The molecule has 0 saturated carbocycles. The number of nitrogens with zero attached hydrogens (tertiary/aromatic N) is 1. The lowest BCUT2D eigenvalue weighted by molar-refractivity contribution is -0.116. The molecule has 1 amide bonds. The number of halogens is 1. The van der Waals surface area contributed by atoms with Crippen LogP contribution in [0, 0.1) is 18.7 Å². The highest BCUT2D eigenvalue weighted by molar-refractivity contribution is 5.97. The Kier molecular flexibility index (Phi) is 7.95. The molecule has 0 atom stereocenters. The molecule has 0 radical (unpaired) electrons. The average molecular weight is 425 g/mol. The zero-order chi connectivity index (χ0) is 22.2. The minimum Gasteiger partial charge on any atom is -0.496 e. The molecule has 6 heteroatoms. The second-order valence-corrected chi connectivity index (χ2v) is 7.86. The molecule has 2 aromatic rings. The zero-order valence-corrected chi connectivity index (χ0v) is 18.1. The lowest BCUT2D eigenvalue weighted by Crippen LogP contribution is -2.40. The van der Waals surface area contributed by atoms with Crippen LogP contribution in [0.25, 0.3) is 6.08 Å². The number of methoxy groups -OCH3 is 1. The fraction of sp³-hybridized carbons (Fsp3) is 0.360. The summed E-state index contributed by atoms with van der Waals surface area (Å²) in [4.78, 5) is 27.0. The van der Waals surface area contributed by atoms with Gasteiger partial charge in [0.15, 0.2) is 5.78 Å². The number of piperidine rings is 1. The first-order valence-corrected chi connectivity index (χ1v) is 10.6. The number of amides is 1. The number of benzene rings is 2. The lowest BCUT2D eigenvalue weighted by Gasteiger charge is -2.31. The van der Waals surface area contributed by atoms with Crippen molar-refractivity contribution in [3.63, 3.8) is 0 Å². The molecule has 0 bridgehead atoms. The zero-order valence-electron chi connectivity index (χ0n) is 18.1. The Bertz CT molecular complexity index is 932. The maximum Gasteiger partial charge on any atom is 0.244 e. The van der Waals surface area contributed by atoms with Crippen LogP contribution in [0.3, 0.4) is 0 Å². The van der Waals surface area contributed by atoms with E-state index in [0.717, 1.165) is 49.4 Å². The number of rotatable bonds is 8. The van der Waals surface area contributed by atoms with Crippen molar-refractivity contribution < 1.29 is 18.7 Å². The van der Waals surface area contributed by atoms with Crippen LogP contribution in [0.2, 0.25) is 0 Å². The number of aryl methyl sites for hydroxylation is 1. The normalized spacial score (nSPS) is 15.2. The van der Waals surface area contributed by atoms with Crippen LogP contribution in [0.4, 0.5) is 4.39 Å². The van der Waals surface area contributed by atoms with E-state index in [9.17, 15) is 14.0 Å². The number of ketones is 1. The molecule has 1 N–H and O–H groups in total. The lowest BCUT2D eigenvalue weighted by atomic mass is 9.89. The fourth-order valence-corrected chi connectivity index (χ4v) is 3.81. The van der Waals surface area contributed by atoms with Crippen molar-refractivity contribution >= 4 is 17.8 Å². The Labute approximate surface area is 182 Å². The van der Waals surface area contributed by atoms with Crippen LogP contribution >= 0.6 is 0 Å². The van der Waals surface area contributed by atoms with E-state index in [-0.39, 0.29) is 23.4 Å². The van der Waals surface area contributed by atoms with Crippen molar-refractivity contribution in [2.45, 2.75) is 19.8 Å². The van der Waals surface area contributed by atoms with Crippen LogP contribution in [-0.2, 0) is 4.79 Å². The van der Waals surface area contributed by atoms with Crippen molar-refractivity contribution in [1.29, 1.82) is 0 Å². The van der Waals surface area contributed by atoms with E-state index in [0.29, 0.717) is 12.1 Å². The molecule has 31 heavy (non-hydrogen) atoms. The van der Waals surface area contributed by atoms with E-state index in [1.54, 1.807) is 25.3 Å². The van der Waals surface area contributed by atoms with Gasteiger partial charge in [-0.05, 0) is 75.3 Å². The molecule has 1 fully saturated rings. The summed E-state index contributed by atoms with van der Waals surface area (Å²) in [6.45, 7) is 4.90. The maximum absolute atomic E-state index is 13.0. The highest BCUT2D eigenvalue weighted by Gasteiger charge is 2.25. The van der Waals surface area contributed by atoms with Crippen molar-refractivity contribution in [3.05, 3.63) is 71.0 Å². The van der Waals surface area contributed by atoms with Crippen molar-refractivity contribution in [2.24, 2.45) is 5.92 Å². The van der Waals surface area contributed by atoms with Crippen LogP contribution < -0.4 is 10.1 Å². The number of hydrogen-bond acceptors (Lipinski definition) is 4. The summed E-state index contributed by atoms with van der Waals surface area (Å²) in [5, 5.41) is 2.91. The molecule has 0 aromatic heterocycles. The van der Waals surface area contributed by atoms with Crippen molar-refractivity contribution in [1.82, 2.24) is 10.2 Å². The number of nitrogens with one attached hydrogen (secondary N) is 1. The van der Waals surface area contributed by atoms with E-state index in [2.05, 4.69) is 10.2 Å². The molecule has 0 aliphatic carbocycles. The number of Topliss-reactive ketones (excluding diaryl/α,β-unsaturated/α-hetero) is 1. The van der Waals surface area contributed by atoms with Gasteiger partial charge in [-0.15, -0.1) is 0 Å². The topological polar surface area (TPSA) is 58.6 Å². The molecule has 0 spiro atoms. The Balaban J connectivity index is 1.40. The Hall–Kier alpha value is -2.99. The van der Waals surface area contributed by atoms with Gasteiger partial charge >= 0.3 is 0 Å². The van der Waals surface area contributed by atoms with Gasteiger partial charge in [0.2, 0.25) is 5.91 Å². The third kappa shape index (κ3) is 6.49. The van der Waals surface area contributed by atoms with Gasteiger partial charge in [-0.25, -0.2) is 4.39 Å². The van der Waals surface area contributed by atoms with Crippen LogP contribution in [-0.4, -0.2) is 49.9 Å². The summed E-state index contributed by atoms with van der Waals surface area (Å²) in [5.41, 5.74) is 2.54. The molecule has 1 aliphatic rings. The predicted molar refractivity (Wildman–Crippen MR) is 120 cm³/mol. The number of ether oxygens (including phenoxy) is 1. The second-order valence-electron chi connectivity index (χ2n) is 7.86. The molecule has 1 aliphatic heterocycles. The Morgan fingerprint density at radius 1 is 1.16 bits per heavy atom. The molecule has 1 saturated heterocycles. The standard InChI is InChI=1S/C25H29FN2O3/c1-18-3-9-23(31-2)21(17-18)6-10-24(29)27-13-16-28-14-11-20(12-15-28)25(30)19-4-7-22(26)8-5-19/h3-10,17,20H,11-16H2,1-2H3,(H,27,29)/b10-6+. The quantitative estimate of drug-likeness (QED) is 0.516. The predicted octanol–water partition coefficient (Wildman–Crippen LogP) is 3.87. The van der Waals surface area contributed by atoms with Gasteiger partial charge in [-0.2, -0.15) is 0 Å². The molecule has 2 aromatic carbocycles. The largest absolute Gasteiger partial charge is 0.496 e. The maximum atomic E-state index is 13.0. The summed E-state index contributed by atoms with van der Waals surface area (Å²) in [6.07, 6.45) is 4.83. The smallest absolute Gasteiger partial charge is 0.244 e. The molecular formula is C25H29FN2O3.